The summed E-state index contributed by atoms with van der Waals surface area (Å²) in [6, 6.07) is 14.8. The number of likely N-dealkylation sites (tertiary alicyclic amines) is 1. The first-order valence-corrected chi connectivity index (χ1v) is 10.8. The maximum atomic E-state index is 12.8. The Balaban J connectivity index is 1.35. The number of piperidine rings is 1. The molecule has 0 spiro atoms. The van der Waals surface area contributed by atoms with Gasteiger partial charge >= 0.3 is 0 Å². The molecule has 0 radical (unpaired) electrons. The third-order valence-corrected chi connectivity index (χ3v) is 5.43. The Morgan fingerprint density at radius 1 is 1.29 bits per heavy atom. The molecule has 3 aromatic rings. The van der Waals surface area contributed by atoms with Gasteiger partial charge in [-0.05, 0) is 50.6 Å². The number of aromatic nitrogens is 2. The summed E-state index contributed by atoms with van der Waals surface area (Å²) in [4.78, 5) is 19.5. The Kier molecular flexibility index (Phi) is 6.84. The summed E-state index contributed by atoms with van der Waals surface area (Å²) < 4.78 is 10.9. The molecule has 8 heteroatoms. The van der Waals surface area contributed by atoms with E-state index in [2.05, 4.69) is 20.4 Å². The van der Waals surface area contributed by atoms with Crippen LogP contribution in [0.5, 0.6) is 5.75 Å². The minimum Gasteiger partial charge on any atom is -0.494 e. The lowest BCUT2D eigenvalue weighted by Gasteiger charge is -2.30. The molecule has 0 bridgehead atoms. The summed E-state index contributed by atoms with van der Waals surface area (Å²) in [7, 11) is 0. The number of ether oxygens (including phenoxy) is 1. The fourth-order valence-electron chi connectivity index (χ4n) is 3.74. The van der Waals surface area contributed by atoms with Gasteiger partial charge in [-0.1, -0.05) is 35.0 Å². The van der Waals surface area contributed by atoms with Gasteiger partial charge < -0.3 is 14.6 Å². The van der Waals surface area contributed by atoms with Gasteiger partial charge in [0.25, 0.3) is 0 Å². The number of amides is 1. The second kappa shape index (κ2) is 9.94. The zero-order valence-electron chi connectivity index (χ0n) is 17.4. The lowest BCUT2D eigenvalue weighted by molar-refractivity contribution is -0.121. The van der Waals surface area contributed by atoms with Gasteiger partial charge in [-0.25, -0.2) is 0 Å². The SMILES string of the molecule is CCOc1cccc(NC(=O)C2CCCN(Cc3nc(-c4cccc(Cl)c4)no3)C2)c1. The van der Waals surface area contributed by atoms with Crippen molar-refractivity contribution in [3.8, 4) is 17.1 Å². The Bertz CT molecular complexity index is 1040. The van der Waals surface area contributed by atoms with Crippen molar-refractivity contribution < 1.29 is 14.1 Å². The molecular weight excluding hydrogens is 416 g/mol. The van der Waals surface area contributed by atoms with Gasteiger partial charge in [-0.2, -0.15) is 4.98 Å². The van der Waals surface area contributed by atoms with Crippen molar-refractivity contribution in [1.29, 1.82) is 0 Å². The molecule has 2 heterocycles. The molecule has 1 aliphatic heterocycles. The van der Waals surface area contributed by atoms with Crippen molar-refractivity contribution in [2.45, 2.75) is 26.3 Å². The number of hydrogen-bond donors (Lipinski definition) is 1. The van der Waals surface area contributed by atoms with Crippen LogP contribution in [0.1, 0.15) is 25.7 Å². The fourth-order valence-corrected chi connectivity index (χ4v) is 3.93. The molecule has 1 amide bonds. The van der Waals surface area contributed by atoms with Gasteiger partial charge in [0.2, 0.25) is 17.6 Å². The summed E-state index contributed by atoms with van der Waals surface area (Å²) in [6.45, 7) is 4.56. The monoisotopic (exact) mass is 440 g/mol. The highest BCUT2D eigenvalue weighted by Gasteiger charge is 2.27. The number of carbonyl (C=O) groups is 1. The molecule has 1 fully saturated rings. The van der Waals surface area contributed by atoms with Gasteiger partial charge in [0.05, 0.1) is 19.1 Å². The Morgan fingerprint density at radius 2 is 2.16 bits per heavy atom. The highest BCUT2D eigenvalue weighted by molar-refractivity contribution is 6.30. The van der Waals surface area contributed by atoms with Crippen LogP contribution in [0.25, 0.3) is 11.4 Å². The van der Waals surface area contributed by atoms with Crippen molar-refractivity contribution in [3.05, 3.63) is 59.4 Å². The van der Waals surface area contributed by atoms with E-state index >= 15 is 0 Å². The fraction of sp³-hybridized carbons (Fsp3) is 0.348. The summed E-state index contributed by atoms with van der Waals surface area (Å²) in [6.07, 6.45) is 1.79. The van der Waals surface area contributed by atoms with Crippen LogP contribution in [0.15, 0.2) is 53.1 Å². The number of rotatable bonds is 7. The van der Waals surface area contributed by atoms with Crippen LogP contribution in [-0.2, 0) is 11.3 Å². The second-order valence-corrected chi connectivity index (χ2v) is 7.98. The van der Waals surface area contributed by atoms with E-state index in [0.717, 1.165) is 36.4 Å². The average molecular weight is 441 g/mol. The number of nitrogens with zero attached hydrogens (tertiary/aromatic N) is 3. The summed E-state index contributed by atoms with van der Waals surface area (Å²) in [5.41, 5.74) is 1.56. The van der Waals surface area contributed by atoms with E-state index in [1.54, 1.807) is 12.1 Å². The molecule has 162 valence electrons. The number of halogens is 1. The smallest absolute Gasteiger partial charge is 0.241 e. The highest BCUT2D eigenvalue weighted by Crippen LogP contribution is 2.24. The lowest BCUT2D eigenvalue weighted by Crippen LogP contribution is -2.40. The van der Waals surface area contributed by atoms with Crippen molar-refractivity contribution in [1.82, 2.24) is 15.0 Å². The molecule has 1 unspecified atom stereocenters. The highest BCUT2D eigenvalue weighted by atomic mass is 35.5. The first kappa shape index (κ1) is 21.3. The van der Waals surface area contributed by atoms with Crippen molar-refractivity contribution >= 4 is 23.2 Å². The summed E-state index contributed by atoms with van der Waals surface area (Å²) in [5.74, 6) is 1.71. The average Bonchev–Trinajstić information content (AvgIpc) is 3.23. The number of nitrogens with one attached hydrogen (secondary N) is 1. The molecule has 1 aromatic heterocycles. The van der Waals surface area contributed by atoms with Gasteiger partial charge in [-0.3, -0.25) is 9.69 Å². The predicted octanol–water partition coefficient (Wildman–Crippen LogP) is 4.64. The molecule has 2 aromatic carbocycles. The number of carbonyl (C=O) groups excluding carboxylic acids is 1. The topological polar surface area (TPSA) is 80.5 Å². The van der Waals surface area contributed by atoms with E-state index in [0.29, 0.717) is 36.4 Å². The molecular formula is C23H25ClN4O3. The normalized spacial score (nSPS) is 16.8. The van der Waals surface area contributed by atoms with E-state index in [1.165, 1.54) is 0 Å². The van der Waals surface area contributed by atoms with Crippen LogP contribution in [0.4, 0.5) is 5.69 Å². The van der Waals surface area contributed by atoms with Gasteiger partial charge in [0.1, 0.15) is 5.75 Å². The van der Waals surface area contributed by atoms with Crippen LogP contribution in [0.3, 0.4) is 0 Å². The van der Waals surface area contributed by atoms with Crippen molar-refractivity contribution in [3.63, 3.8) is 0 Å². The number of benzene rings is 2. The maximum Gasteiger partial charge on any atom is 0.241 e. The van der Waals surface area contributed by atoms with Crippen LogP contribution in [0.2, 0.25) is 5.02 Å². The lowest BCUT2D eigenvalue weighted by atomic mass is 9.97. The Morgan fingerprint density at radius 3 is 3.00 bits per heavy atom. The number of anilines is 1. The van der Waals surface area contributed by atoms with Gasteiger partial charge in [0, 0.05) is 28.9 Å². The van der Waals surface area contributed by atoms with E-state index in [9.17, 15) is 4.79 Å². The van der Waals surface area contributed by atoms with E-state index < -0.39 is 0 Å². The summed E-state index contributed by atoms with van der Waals surface area (Å²) >= 11 is 6.05. The maximum absolute atomic E-state index is 12.8. The molecule has 1 saturated heterocycles. The van der Waals surface area contributed by atoms with Crippen LogP contribution in [0, 0.1) is 5.92 Å². The van der Waals surface area contributed by atoms with Crippen LogP contribution in [-0.4, -0.2) is 40.6 Å². The van der Waals surface area contributed by atoms with E-state index in [4.69, 9.17) is 20.9 Å². The van der Waals surface area contributed by atoms with Crippen LogP contribution < -0.4 is 10.1 Å². The standard InChI is InChI=1S/C23H25ClN4O3/c1-2-30-20-10-4-9-19(13-20)25-23(29)17-7-5-11-28(14-17)15-21-26-22(27-31-21)16-6-3-8-18(24)12-16/h3-4,6,8-10,12-13,17H,2,5,7,11,14-15H2,1H3,(H,25,29). The van der Waals surface area contributed by atoms with E-state index in [-0.39, 0.29) is 11.8 Å². The molecule has 1 aliphatic rings. The zero-order valence-corrected chi connectivity index (χ0v) is 18.1. The van der Waals surface area contributed by atoms with Crippen molar-refractivity contribution in [2.75, 3.05) is 25.0 Å². The molecule has 1 N–H and O–H groups in total. The second-order valence-electron chi connectivity index (χ2n) is 7.55. The third kappa shape index (κ3) is 5.62. The van der Waals surface area contributed by atoms with Crippen molar-refractivity contribution in [2.24, 2.45) is 5.92 Å². The molecule has 0 saturated carbocycles. The molecule has 7 nitrogen and oxygen atoms in total. The van der Waals surface area contributed by atoms with Gasteiger partial charge in [0.15, 0.2) is 0 Å². The Labute approximate surface area is 186 Å². The molecule has 0 aliphatic carbocycles. The molecule has 1 atom stereocenters. The molecule has 4 rings (SSSR count). The number of hydrogen-bond acceptors (Lipinski definition) is 6. The van der Waals surface area contributed by atoms with Gasteiger partial charge in [-0.15, -0.1) is 0 Å². The predicted molar refractivity (Wildman–Crippen MR) is 119 cm³/mol. The van der Waals surface area contributed by atoms with Crippen LogP contribution >= 0.6 is 11.6 Å². The first-order chi connectivity index (χ1) is 15.1. The minimum absolute atomic E-state index is 0.0171. The molecule has 31 heavy (non-hydrogen) atoms. The Hall–Kier alpha value is -2.90. The largest absolute Gasteiger partial charge is 0.494 e. The third-order valence-electron chi connectivity index (χ3n) is 5.20. The zero-order chi connectivity index (χ0) is 21.6. The quantitative estimate of drug-likeness (QED) is 0.576. The minimum atomic E-state index is -0.0974. The summed E-state index contributed by atoms with van der Waals surface area (Å²) in [5, 5.41) is 7.71. The first-order valence-electron chi connectivity index (χ1n) is 10.5. The van der Waals surface area contributed by atoms with E-state index in [1.807, 2.05) is 43.3 Å².